The Kier molecular flexibility index (Phi) is 4.15. The van der Waals surface area contributed by atoms with Crippen LogP contribution in [0.4, 0.5) is 5.69 Å². The molecule has 1 amide bonds. The molecular formula is C14H20N2O. The first-order valence-electron chi connectivity index (χ1n) is 6.39. The summed E-state index contributed by atoms with van der Waals surface area (Å²) in [6, 6.07) is 8.17. The number of benzene rings is 1. The molecule has 1 aliphatic heterocycles. The maximum atomic E-state index is 11.2. The fourth-order valence-corrected chi connectivity index (χ4v) is 2.14. The van der Waals surface area contributed by atoms with E-state index in [0.29, 0.717) is 6.42 Å². The largest absolute Gasteiger partial charge is 0.326 e. The lowest BCUT2D eigenvalue weighted by atomic mass is 10.2. The Morgan fingerprint density at radius 2 is 1.88 bits per heavy atom. The summed E-state index contributed by atoms with van der Waals surface area (Å²) in [5.41, 5.74) is 2.21. The minimum absolute atomic E-state index is 0.0669. The Labute approximate surface area is 103 Å². The Morgan fingerprint density at radius 3 is 2.47 bits per heavy atom. The van der Waals surface area contributed by atoms with Crippen LogP contribution >= 0.6 is 0 Å². The number of nitrogens with zero attached hydrogens (tertiary/aromatic N) is 1. The van der Waals surface area contributed by atoms with Crippen LogP contribution in [-0.2, 0) is 11.3 Å². The minimum Gasteiger partial charge on any atom is -0.326 e. The van der Waals surface area contributed by atoms with Crippen LogP contribution in [0.5, 0.6) is 0 Å². The lowest BCUT2D eigenvalue weighted by Crippen LogP contribution is -2.18. The van der Waals surface area contributed by atoms with Crippen molar-refractivity contribution in [3.05, 3.63) is 29.8 Å². The number of rotatable bonds is 4. The standard InChI is InChI=1S/C14H20N2O/c1-2-14(17)15-13-7-5-12(6-8-13)11-16-9-3-4-10-16/h5-8H,2-4,9-11H2,1H3,(H,15,17). The molecule has 0 atom stereocenters. The first-order valence-corrected chi connectivity index (χ1v) is 6.39. The van der Waals surface area contributed by atoms with E-state index in [1.54, 1.807) is 0 Å². The normalized spacial score (nSPS) is 16.1. The van der Waals surface area contributed by atoms with Gasteiger partial charge in [0.25, 0.3) is 0 Å². The van der Waals surface area contributed by atoms with E-state index in [4.69, 9.17) is 0 Å². The molecule has 0 spiro atoms. The van der Waals surface area contributed by atoms with Gasteiger partial charge in [0.05, 0.1) is 0 Å². The molecule has 1 aromatic carbocycles. The van der Waals surface area contributed by atoms with E-state index in [1.807, 2.05) is 19.1 Å². The van der Waals surface area contributed by atoms with Gasteiger partial charge in [-0.3, -0.25) is 9.69 Å². The van der Waals surface area contributed by atoms with E-state index in [2.05, 4.69) is 22.3 Å². The molecule has 0 saturated carbocycles. The van der Waals surface area contributed by atoms with Gasteiger partial charge in [0.15, 0.2) is 0 Å². The lowest BCUT2D eigenvalue weighted by Gasteiger charge is -2.14. The van der Waals surface area contributed by atoms with E-state index < -0.39 is 0 Å². The summed E-state index contributed by atoms with van der Waals surface area (Å²) in [4.78, 5) is 13.7. The van der Waals surface area contributed by atoms with E-state index in [-0.39, 0.29) is 5.91 Å². The predicted molar refractivity (Wildman–Crippen MR) is 69.9 cm³/mol. The third-order valence-corrected chi connectivity index (χ3v) is 3.16. The average Bonchev–Trinajstić information content (AvgIpc) is 2.84. The SMILES string of the molecule is CCC(=O)Nc1ccc(CN2CCCC2)cc1. The van der Waals surface area contributed by atoms with Gasteiger partial charge in [-0.1, -0.05) is 19.1 Å². The molecular weight excluding hydrogens is 212 g/mol. The number of nitrogens with one attached hydrogen (secondary N) is 1. The van der Waals surface area contributed by atoms with Crippen LogP contribution in [0.3, 0.4) is 0 Å². The van der Waals surface area contributed by atoms with Gasteiger partial charge in [0.2, 0.25) is 5.91 Å². The molecule has 1 aliphatic rings. The van der Waals surface area contributed by atoms with E-state index in [9.17, 15) is 4.79 Å². The molecule has 0 unspecified atom stereocenters. The topological polar surface area (TPSA) is 32.3 Å². The van der Waals surface area contributed by atoms with Crippen LogP contribution in [0.1, 0.15) is 31.7 Å². The molecule has 1 aromatic rings. The monoisotopic (exact) mass is 232 g/mol. The van der Waals surface area contributed by atoms with Gasteiger partial charge in [-0.25, -0.2) is 0 Å². The van der Waals surface area contributed by atoms with E-state index in [0.717, 1.165) is 12.2 Å². The molecule has 0 aromatic heterocycles. The van der Waals surface area contributed by atoms with Gasteiger partial charge >= 0.3 is 0 Å². The Hall–Kier alpha value is -1.35. The van der Waals surface area contributed by atoms with Crippen LogP contribution in [-0.4, -0.2) is 23.9 Å². The molecule has 3 nitrogen and oxygen atoms in total. The van der Waals surface area contributed by atoms with Gasteiger partial charge in [0, 0.05) is 18.7 Å². The van der Waals surface area contributed by atoms with Gasteiger partial charge in [0.1, 0.15) is 0 Å². The van der Waals surface area contributed by atoms with Gasteiger partial charge < -0.3 is 5.32 Å². The second kappa shape index (κ2) is 5.82. The summed E-state index contributed by atoms with van der Waals surface area (Å²) in [6.45, 7) is 5.32. The number of amides is 1. The van der Waals surface area contributed by atoms with E-state index >= 15 is 0 Å². The Bertz CT molecular complexity index is 366. The van der Waals surface area contributed by atoms with Crippen LogP contribution in [0.15, 0.2) is 24.3 Å². The number of anilines is 1. The average molecular weight is 232 g/mol. The van der Waals surface area contributed by atoms with Crippen LogP contribution < -0.4 is 5.32 Å². The number of hydrogen-bond acceptors (Lipinski definition) is 2. The number of carbonyl (C=O) groups excluding carboxylic acids is 1. The summed E-state index contributed by atoms with van der Waals surface area (Å²) in [7, 11) is 0. The predicted octanol–water partition coefficient (Wildman–Crippen LogP) is 2.63. The summed E-state index contributed by atoms with van der Waals surface area (Å²) >= 11 is 0. The summed E-state index contributed by atoms with van der Waals surface area (Å²) in [5.74, 6) is 0.0669. The molecule has 0 radical (unpaired) electrons. The van der Waals surface area contributed by atoms with Crippen molar-refractivity contribution in [2.45, 2.75) is 32.7 Å². The van der Waals surface area contributed by atoms with Gasteiger partial charge in [-0.2, -0.15) is 0 Å². The van der Waals surface area contributed by atoms with Gasteiger partial charge in [-0.05, 0) is 43.6 Å². The zero-order valence-electron chi connectivity index (χ0n) is 10.4. The first-order chi connectivity index (χ1) is 8.28. The second-order valence-corrected chi connectivity index (χ2v) is 4.58. The molecule has 1 fully saturated rings. The zero-order chi connectivity index (χ0) is 12.1. The molecule has 1 saturated heterocycles. The van der Waals surface area contributed by atoms with Gasteiger partial charge in [-0.15, -0.1) is 0 Å². The minimum atomic E-state index is 0.0669. The quantitative estimate of drug-likeness (QED) is 0.865. The van der Waals surface area contributed by atoms with Crippen molar-refractivity contribution in [3.8, 4) is 0 Å². The summed E-state index contributed by atoms with van der Waals surface area (Å²) in [6.07, 6.45) is 3.17. The van der Waals surface area contributed by atoms with Crippen molar-refractivity contribution in [1.29, 1.82) is 0 Å². The maximum absolute atomic E-state index is 11.2. The molecule has 17 heavy (non-hydrogen) atoms. The highest BCUT2D eigenvalue weighted by Gasteiger charge is 2.11. The highest BCUT2D eigenvalue weighted by molar-refractivity contribution is 5.90. The summed E-state index contributed by atoms with van der Waals surface area (Å²) < 4.78 is 0. The first kappa shape index (κ1) is 12.1. The highest BCUT2D eigenvalue weighted by Crippen LogP contribution is 2.15. The van der Waals surface area contributed by atoms with Crippen LogP contribution in [0.2, 0.25) is 0 Å². The zero-order valence-corrected chi connectivity index (χ0v) is 10.4. The van der Waals surface area contributed by atoms with Crippen molar-refractivity contribution in [2.24, 2.45) is 0 Å². The molecule has 92 valence electrons. The highest BCUT2D eigenvalue weighted by atomic mass is 16.1. The lowest BCUT2D eigenvalue weighted by molar-refractivity contribution is -0.115. The number of hydrogen-bond donors (Lipinski definition) is 1. The summed E-state index contributed by atoms with van der Waals surface area (Å²) in [5, 5.41) is 2.86. The third-order valence-electron chi connectivity index (χ3n) is 3.16. The van der Waals surface area contributed by atoms with Crippen LogP contribution in [0, 0.1) is 0 Å². The molecule has 0 aliphatic carbocycles. The van der Waals surface area contributed by atoms with E-state index in [1.165, 1.54) is 31.5 Å². The Morgan fingerprint density at radius 1 is 1.24 bits per heavy atom. The maximum Gasteiger partial charge on any atom is 0.224 e. The molecule has 3 heteroatoms. The van der Waals surface area contributed by atoms with Crippen molar-refractivity contribution in [1.82, 2.24) is 4.90 Å². The van der Waals surface area contributed by atoms with Crippen molar-refractivity contribution in [3.63, 3.8) is 0 Å². The van der Waals surface area contributed by atoms with Crippen molar-refractivity contribution >= 4 is 11.6 Å². The molecule has 2 rings (SSSR count). The van der Waals surface area contributed by atoms with Crippen LogP contribution in [0.25, 0.3) is 0 Å². The van der Waals surface area contributed by atoms with Crippen molar-refractivity contribution in [2.75, 3.05) is 18.4 Å². The molecule has 1 heterocycles. The second-order valence-electron chi connectivity index (χ2n) is 4.58. The van der Waals surface area contributed by atoms with Crippen molar-refractivity contribution < 1.29 is 4.79 Å². The third kappa shape index (κ3) is 3.56. The number of carbonyl (C=O) groups is 1. The fourth-order valence-electron chi connectivity index (χ4n) is 2.14. The molecule has 0 bridgehead atoms. The fraction of sp³-hybridized carbons (Fsp3) is 0.500. The Balaban J connectivity index is 1.90. The number of likely N-dealkylation sites (tertiary alicyclic amines) is 1. The molecule has 1 N–H and O–H groups in total. The smallest absolute Gasteiger partial charge is 0.224 e.